The van der Waals surface area contributed by atoms with E-state index in [9.17, 15) is 4.79 Å². The minimum absolute atomic E-state index is 0.00805. The summed E-state index contributed by atoms with van der Waals surface area (Å²) in [5, 5.41) is 1.27. The summed E-state index contributed by atoms with van der Waals surface area (Å²) in [4.78, 5) is 18.0. The molecule has 1 unspecified atom stereocenters. The molecule has 1 atom stereocenters. The van der Waals surface area contributed by atoms with Crippen molar-refractivity contribution in [3.05, 3.63) is 59.8 Å². The van der Waals surface area contributed by atoms with Crippen LogP contribution in [-0.4, -0.2) is 42.6 Å². The van der Waals surface area contributed by atoms with Gasteiger partial charge in [0.2, 0.25) is 0 Å². The molecule has 0 bridgehead atoms. The first-order valence-electron chi connectivity index (χ1n) is 9.27. The number of aromatic nitrogens is 1. The van der Waals surface area contributed by atoms with Crippen LogP contribution in [0.5, 0.6) is 11.5 Å². The number of nitrogens with zero attached hydrogens (tertiary/aromatic N) is 1. The third-order valence-corrected chi connectivity index (χ3v) is 5.43. The molecule has 1 N–H and O–H groups in total. The quantitative estimate of drug-likeness (QED) is 0.753. The zero-order chi connectivity index (χ0) is 18.8. The summed E-state index contributed by atoms with van der Waals surface area (Å²) >= 11 is 0. The smallest absolute Gasteiger partial charge is 0.260 e. The van der Waals surface area contributed by atoms with Gasteiger partial charge in [-0.1, -0.05) is 30.3 Å². The molecule has 1 aliphatic rings. The summed E-state index contributed by atoms with van der Waals surface area (Å²) in [6.07, 6.45) is 2.78. The Balaban J connectivity index is 1.44. The van der Waals surface area contributed by atoms with Crippen LogP contribution >= 0.6 is 0 Å². The Labute approximate surface area is 158 Å². The van der Waals surface area contributed by atoms with E-state index in [0.29, 0.717) is 11.5 Å². The highest BCUT2D eigenvalue weighted by Gasteiger charge is 2.27. The average molecular weight is 364 g/mol. The number of aromatic amines is 1. The van der Waals surface area contributed by atoms with E-state index in [0.717, 1.165) is 19.3 Å². The van der Waals surface area contributed by atoms with Gasteiger partial charge in [-0.05, 0) is 43.0 Å². The first-order chi connectivity index (χ1) is 13.2. The number of para-hydroxylation sites is 3. The number of rotatable bonds is 5. The van der Waals surface area contributed by atoms with Crippen LogP contribution in [0.2, 0.25) is 0 Å². The van der Waals surface area contributed by atoms with E-state index in [4.69, 9.17) is 9.47 Å². The minimum Gasteiger partial charge on any atom is -0.493 e. The first-order valence-corrected chi connectivity index (χ1v) is 9.27. The van der Waals surface area contributed by atoms with Gasteiger partial charge in [-0.2, -0.15) is 0 Å². The molecule has 0 radical (unpaired) electrons. The Morgan fingerprint density at radius 1 is 1.15 bits per heavy atom. The fourth-order valence-corrected chi connectivity index (χ4v) is 3.86. The Bertz CT molecular complexity index is 963. The lowest BCUT2D eigenvalue weighted by atomic mass is 9.90. The lowest BCUT2D eigenvalue weighted by Crippen LogP contribution is -2.42. The molecule has 1 heterocycles. The van der Waals surface area contributed by atoms with Crippen LogP contribution in [0.4, 0.5) is 0 Å². The second kappa shape index (κ2) is 7.35. The Morgan fingerprint density at radius 2 is 1.89 bits per heavy atom. The Morgan fingerprint density at radius 3 is 2.70 bits per heavy atom. The number of likely N-dealkylation sites (N-methyl/N-ethyl adjacent to an activating group) is 1. The number of aryl methyl sites for hydroxylation is 1. The average Bonchev–Trinajstić information content (AvgIpc) is 3.09. The van der Waals surface area contributed by atoms with Gasteiger partial charge in [0.1, 0.15) is 0 Å². The van der Waals surface area contributed by atoms with Crippen molar-refractivity contribution in [3.8, 4) is 11.5 Å². The molecule has 3 aromatic rings. The number of nitrogens with one attached hydrogen (secondary N) is 1. The number of fused-ring (bicyclic) bond motifs is 3. The molecule has 0 fully saturated rings. The van der Waals surface area contributed by atoms with Crippen molar-refractivity contribution in [2.45, 2.75) is 25.3 Å². The van der Waals surface area contributed by atoms with Gasteiger partial charge in [0, 0.05) is 29.7 Å². The topological polar surface area (TPSA) is 54.6 Å². The predicted octanol–water partition coefficient (Wildman–Crippen LogP) is 3.57. The van der Waals surface area contributed by atoms with Crippen molar-refractivity contribution < 1.29 is 14.3 Å². The number of hydrogen-bond donors (Lipinski definition) is 1. The number of benzene rings is 2. The molecule has 0 saturated carbocycles. The lowest BCUT2D eigenvalue weighted by molar-refractivity contribution is -0.134. The molecule has 2 aromatic carbocycles. The van der Waals surface area contributed by atoms with E-state index >= 15 is 0 Å². The zero-order valence-corrected chi connectivity index (χ0v) is 15.7. The van der Waals surface area contributed by atoms with Crippen LogP contribution < -0.4 is 9.47 Å². The van der Waals surface area contributed by atoms with Crippen molar-refractivity contribution in [1.29, 1.82) is 0 Å². The van der Waals surface area contributed by atoms with Crippen molar-refractivity contribution in [3.63, 3.8) is 0 Å². The van der Waals surface area contributed by atoms with Gasteiger partial charge in [0.25, 0.3) is 5.91 Å². The van der Waals surface area contributed by atoms with Crippen molar-refractivity contribution in [2.75, 3.05) is 20.8 Å². The fraction of sp³-hybridized carbons (Fsp3) is 0.318. The molecular formula is C22H24N2O3. The van der Waals surface area contributed by atoms with Gasteiger partial charge in [-0.25, -0.2) is 0 Å². The predicted molar refractivity (Wildman–Crippen MR) is 105 cm³/mol. The maximum atomic E-state index is 12.7. The summed E-state index contributed by atoms with van der Waals surface area (Å²) < 4.78 is 11.0. The highest BCUT2D eigenvalue weighted by Crippen LogP contribution is 2.31. The highest BCUT2D eigenvalue weighted by atomic mass is 16.5. The van der Waals surface area contributed by atoms with Crippen LogP contribution in [0.1, 0.15) is 17.7 Å². The summed E-state index contributed by atoms with van der Waals surface area (Å²) in [6, 6.07) is 15.9. The molecule has 0 aliphatic heterocycles. The van der Waals surface area contributed by atoms with Gasteiger partial charge < -0.3 is 19.4 Å². The van der Waals surface area contributed by atoms with Gasteiger partial charge >= 0.3 is 0 Å². The number of amides is 1. The van der Waals surface area contributed by atoms with Gasteiger partial charge in [0.15, 0.2) is 18.1 Å². The number of hydrogen-bond acceptors (Lipinski definition) is 3. The third kappa shape index (κ3) is 3.37. The zero-order valence-electron chi connectivity index (χ0n) is 15.7. The van der Waals surface area contributed by atoms with E-state index in [2.05, 4.69) is 23.2 Å². The lowest BCUT2D eigenvalue weighted by Gasteiger charge is -2.31. The standard InChI is InChI=1S/C22H24N2O3/c1-24(22(25)14-27-21-10-6-5-9-20(21)26-2)15-11-12-19-17(13-15)16-7-3-4-8-18(16)23-19/h3-10,15,23H,11-14H2,1-2H3. The van der Waals surface area contributed by atoms with Gasteiger partial charge in [0.05, 0.1) is 7.11 Å². The summed E-state index contributed by atoms with van der Waals surface area (Å²) in [6.45, 7) is 0.00805. The fourth-order valence-electron chi connectivity index (χ4n) is 3.86. The molecule has 1 aliphatic carbocycles. The molecule has 140 valence electrons. The number of carbonyl (C=O) groups excluding carboxylic acids is 1. The van der Waals surface area contributed by atoms with E-state index in [-0.39, 0.29) is 18.6 Å². The van der Waals surface area contributed by atoms with Gasteiger partial charge in [-0.3, -0.25) is 4.79 Å². The Hall–Kier alpha value is -2.95. The first kappa shape index (κ1) is 17.5. The highest BCUT2D eigenvalue weighted by molar-refractivity contribution is 5.85. The largest absolute Gasteiger partial charge is 0.493 e. The molecule has 1 amide bonds. The number of carbonyl (C=O) groups is 1. The minimum atomic E-state index is -0.0193. The molecule has 0 saturated heterocycles. The number of methoxy groups -OCH3 is 1. The van der Waals surface area contributed by atoms with Crippen LogP contribution in [0.3, 0.4) is 0 Å². The monoisotopic (exact) mass is 364 g/mol. The molecular weight excluding hydrogens is 340 g/mol. The number of H-pyrrole nitrogens is 1. The van der Waals surface area contributed by atoms with Crippen molar-refractivity contribution in [1.82, 2.24) is 9.88 Å². The summed E-state index contributed by atoms with van der Waals surface area (Å²) in [7, 11) is 3.47. The van der Waals surface area contributed by atoms with Crippen molar-refractivity contribution >= 4 is 16.8 Å². The van der Waals surface area contributed by atoms with E-state index < -0.39 is 0 Å². The molecule has 1 aromatic heterocycles. The molecule has 0 spiro atoms. The number of ether oxygens (including phenoxy) is 2. The van der Waals surface area contributed by atoms with E-state index in [1.807, 2.05) is 42.3 Å². The van der Waals surface area contributed by atoms with Crippen LogP contribution in [-0.2, 0) is 17.6 Å². The second-order valence-electron chi connectivity index (χ2n) is 6.97. The van der Waals surface area contributed by atoms with Crippen LogP contribution in [0.25, 0.3) is 10.9 Å². The summed E-state index contributed by atoms with van der Waals surface area (Å²) in [5.41, 5.74) is 3.82. The van der Waals surface area contributed by atoms with E-state index in [1.54, 1.807) is 7.11 Å². The maximum absolute atomic E-state index is 12.7. The summed E-state index contributed by atoms with van der Waals surface area (Å²) in [5.74, 6) is 1.20. The normalized spacial score (nSPS) is 16.0. The second-order valence-corrected chi connectivity index (χ2v) is 6.97. The SMILES string of the molecule is COc1ccccc1OCC(=O)N(C)C1CCc2[nH]c3ccccc3c2C1. The molecule has 27 heavy (non-hydrogen) atoms. The maximum Gasteiger partial charge on any atom is 0.260 e. The molecule has 5 nitrogen and oxygen atoms in total. The molecule has 5 heteroatoms. The Kier molecular flexibility index (Phi) is 4.75. The van der Waals surface area contributed by atoms with Gasteiger partial charge in [-0.15, -0.1) is 0 Å². The van der Waals surface area contributed by atoms with Crippen molar-refractivity contribution in [2.24, 2.45) is 0 Å². The molecule has 4 rings (SSSR count). The van der Waals surface area contributed by atoms with Crippen LogP contribution in [0.15, 0.2) is 48.5 Å². The van der Waals surface area contributed by atoms with Crippen LogP contribution in [0, 0.1) is 0 Å². The third-order valence-electron chi connectivity index (χ3n) is 5.43. The van der Waals surface area contributed by atoms with E-state index in [1.165, 1.54) is 22.2 Å².